The second-order valence-electron chi connectivity index (χ2n) is 4.42. The average Bonchev–Trinajstić information content (AvgIpc) is 2.91. The zero-order valence-electron chi connectivity index (χ0n) is 10.8. The number of benzene rings is 1. The van der Waals surface area contributed by atoms with E-state index in [1.807, 2.05) is 12.3 Å². The third-order valence-corrected chi connectivity index (χ3v) is 4.51. The van der Waals surface area contributed by atoms with Gasteiger partial charge in [0.2, 0.25) is 0 Å². The molecule has 1 atom stereocenters. The van der Waals surface area contributed by atoms with Crippen molar-refractivity contribution < 1.29 is 0 Å². The van der Waals surface area contributed by atoms with E-state index in [1.54, 1.807) is 6.20 Å². The second kappa shape index (κ2) is 7.26. The van der Waals surface area contributed by atoms with Crippen LogP contribution in [-0.2, 0) is 6.42 Å². The number of aromatic amines is 1. The fourth-order valence-corrected chi connectivity index (χ4v) is 2.48. The molecule has 0 saturated carbocycles. The van der Waals surface area contributed by atoms with Gasteiger partial charge in [-0.15, -0.1) is 0 Å². The predicted molar refractivity (Wildman–Crippen MR) is 87.5 cm³/mol. The van der Waals surface area contributed by atoms with Gasteiger partial charge < -0.3 is 10.3 Å². The van der Waals surface area contributed by atoms with Crippen LogP contribution in [0.3, 0.4) is 0 Å². The molecule has 1 heterocycles. The number of nitrogens with one attached hydrogen (secondary N) is 2. The maximum atomic E-state index is 6.22. The zero-order chi connectivity index (χ0) is 13.7. The minimum atomic E-state index is 0.237. The fourth-order valence-electron chi connectivity index (χ4n) is 1.96. The lowest BCUT2D eigenvalue weighted by atomic mass is 10.0. The van der Waals surface area contributed by atoms with E-state index in [4.69, 9.17) is 11.6 Å². The minimum absolute atomic E-state index is 0.237. The highest BCUT2D eigenvalue weighted by Crippen LogP contribution is 2.24. The Morgan fingerprint density at radius 3 is 2.95 bits per heavy atom. The molecule has 0 aliphatic carbocycles. The smallest absolute Gasteiger partial charge is 0.107 e. The summed E-state index contributed by atoms with van der Waals surface area (Å²) in [5.74, 6) is 0.989. The van der Waals surface area contributed by atoms with Gasteiger partial charge in [-0.05, 0) is 53.3 Å². The van der Waals surface area contributed by atoms with Gasteiger partial charge in [-0.25, -0.2) is 4.98 Å². The van der Waals surface area contributed by atoms with Crippen molar-refractivity contribution in [3.63, 3.8) is 0 Å². The van der Waals surface area contributed by atoms with Crippen molar-refractivity contribution in [2.45, 2.75) is 25.8 Å². The first-order chi connectivity index (χ1) is 9.20. The van der Waals surface area contributed by atoms with Crippen LogP contribution in [0.1, 0.15) is 30.8 Å². The Balaban J connectivity index is 2.18. The number of aromatic nitrogens is 2. The largest absolute Gasteiger partial charge is 0.349 e. The summed E-state index contributed by atoms with van der Waals surface area (Å²) in [5.41, 5.74) is 1.20. The van der Waals surface area contributed by atoms with Crippen molar-refractivity contribution in [1.82, 2.24) is 15.3 Å². The Bertz CT molecular complexity index is 513. The Hall–Kier alpha value is -0.590. The van der Waals surface area contributed by atoms with Crippen LogP contribution in [0.5, 0.6) is 0 Å². The molecule has 5 heteroatoms. The number of nitrogens with zero attached hydrogens (tertiary/aromatic N) is 1. The first-order valence-electron chi connectivity index (χ1n) is 6.37. The standard InChI is InChI=1S/C14H17ClIN3/c1-2-5-17-13(9-14-18-6-7-19-14)10-3-4-12(16)11(15)8-10/h3-4,6-8,13,17H,2,5,9H2,1H3,(H,18,19). The van der Waals surface area contributed by atoms with Gasteiger partial charge in [-0.1, -0.05) is 24.6 Å². The summed E-state index contributed by atoms with van der Waals surface area (Å²) in [7, 11) is 0. The van der Waals surface area contributed by atoms with Crippen molar-refractivity contribution in [2.24, 2.45) is 0 Å². The first kappa shape index (κ1) is 14.8. The normalized spacial score (nSPS) is 12.6. The molecule has 0 amide bonds. The highest BCUT2D eigenvalue weighted by atomic mass is 127. The molecule has 1 unspecified atom stereocenters. The maximum Gasteiger partial charge on any atom is 0.107 e. The molecule has 1 aromatic carbocycles. The van der Waals surface area contributed by atoms with Gasteiger partial charge in [0.25, 0.3) is 0 Å². The van der Waals surface area contributed by atoms with E-state index in [0.717, 1.165) is 33.8 Å². The van der Waals surface area contributed by atoms with Crippen LogP contribution in [-0.4, -0.2) is 16.5 Å². The van der Waals surface area contributed by atoms with Gasteiger partial charge in [0.15, 0.2) is 0 Å². The van der Waals surface area contributed by atoms with E-state index in [1.165, 1.54) is 5.56 Å². The van der Waals surface area contributed by atoms with E-state index in [2.05, 4.69) is 56.9 Å². The molecule has 2 aromatic rings. The monoisotopic (exact) mass is 389 g/mol. The average molecular weight is 390 g/mol. The molecule has 0 aliphatic rings. The third kappa shape index (κ3) is 4.19. The third-order valence-electron chi connectivity index (χ3n) is 2.94. The molecule has 0 bridgehead atoms. The molecule has 19 heavy (non-hydrogen) atoms. The lowest BCUT2D eigenvalue weighted by Crippen LogP contribution is -2.24. The molecule has 3 nitrogen and oxygen atoms in total. The number of H-pyrrole nitrogens is 1. The summed E-state index contributed by atoms with van der Waals surface area (Å²) in [6, 6.07) is 6.46. The van der Waals surface area contributed by atoms with Crippen molar-refractivity contribution in [2.75, 3.05) is 6.54 Å². The molecule has 2 N–H and O–H groups in total. The lowest BCUT2D eigenvalue weighted by molar-refractivity contribution is 0.520. The van der Waals surface area contributed by atoms with Gasteiger partial charge in [-0.2, -0.15) is 0 Å². The van der Waals surface area contributed by atoms with Gasteiger partial charge in [0.1, 0.15) is 5.82 Å². The Kier molecular flexibility index (Phi) is 5.66. The summed E-state index contributed by atoms with van der Waals surface area (Å²) >= 11 is 8.46. The van der Waals surface area contributed by atoms with Crippen molar-refractivity contribution in [1.29, 1.82) is 0 Å². The summed E-state index contributed by atoms with van der Waals surface area (Å²) in [6.45, 7) is 3.15. The fraction of sp³-hybridized carbons (Fsp3) is 0.357. The maximum absolute atomic E-state index is 6.22. The van der Waals surface area contributed by atoms with Crippen molar-refractivity contribution >= 4 is 34.2 Å². The Morgan fingerprint density at radius 1 is 1.47 bits per heavy atom. The van der Waals surface area contributed by atoms with E-state index < -0.39 is 0 Å². The summed E-state index contributed by atoms with van der Waals surface area (Å²) in [6.07, 6.45) is 5.58. The van der Waals surface area contributed by atoms with Crippen LogP contribution >= 0.6 is 34.2 Å². The summed E-state index contributed by atoms with van der Waals surface area (Å²) in [5, 5.41) is 4.36. The molecular weight excluding hydrogens is 373 g/mol. The zero-order valence-corrected chi connectivity index (χ0v) is 13.7. The molecule has 102 valence electrons. The van der Waals surface area contributed by atoms with Crippen LogP contribution in [0.2, 0.25) is 5.02 Å². The molecule has 0 aliphatic heterocycles. The van der Waals surface area contributed by atoms with E-state index >= 15 is 0 Å². The Morgan fingerprint density at radius 2 is 2.32 bits per heavy atom. The molecule has 1 aromatic heterocycles. The van der Waals surface area contributed by atoms with Gasteiger partial charge in [0.05, 0.1) is 5.02 Å². The summed E-state index contributed by atoms with van der Waals surface area (Å²) in [4.78, 5) is 7.45. The number of hydrogen-bond acceptors (Lipinski definition) is 2. The molecular formula is C14H17ClIN3. The topological polar surface area (TPSA) is 40.7 Å². The second-order valence-corrected chi connectivity index (χ2v) is 5.99. The van der Waals surface area contributed by atoms with Gasteiger partial charge in [-0.3, -0.25) is 0 Å². The van der Waals surface area contributed by atoms with Crippen LogP contribution < -0.4 is 5.32 Å². The predicted octanol–water partition coefficient (Wildman–Crippen LogP) is 3.95. The van der Waals surface area contributed by atoms with Gasteiger partial charge >= 0.3 is 0 Å². The van der Waals surface area contributed by atoms with Gasteiger partial charge in [0, 0.05) is 28.4 Å². The van der Waals surface area contributed by atoms with E-state index in [0.29, 0.717) is 0 Å². The first-order valence-corrected chi connectivity index (χ1v) is 7.83. The molecule has 0 radical (unpaired) electrons. The molecule has 0 saturated heterocycles. The number of imidazole rings is 1. The lowest BCUT2D eigenvalue weighted by Gasteiger charge is -2.18. The van der Waals surface area contributed by atoms with Crippen molar-refractivity contribution in [3.8, 4) is 0 Å². The molecule has 0 fully saturated rings. The SMILES string of the molecule is CCCNC(Cc1ncc[nH]1)c1ccc(I)c(Cl)c1. The number of rotatable bonds is 6. The van der Waals surface area contributed by atoms with Crippen molar-refractivity contribution in [3.05, 3.63) is 50.6 Å². The Labute approximate surface area is 132 Å². The van der Waals surface area contributed by atoms with E-state index in [9.17, 15) is 0 Å². The molecule has 0 spiro atoms. The minimum Gasteiger partial charge on any atom is -0.349 e. The highest BCUT2D eigenvalue weighted by molar-refractivity contribution is 14.1. The highest BCUT2D eigenvalue weighted by Gasteiger charge is 2.14. The number of halogens is 2. The number of hydrogen-bond donors (Lipinski definition) is 2. The van der Waals surface area contributed by atoms with Crippen LogP contribution in [0.4, 0.5) is 0 Å². The van der Waals surface area contributed by atoms with Crippen LogP contribution in [0, 0.1) is 3.57 Å². The van der Waals surface area contributed by atoms with Crippen LogP contribution in [0.15, 0.2) is 30.6 Å². The van der Waals surface area contributed by atoms with E-state index in [-0.39, 0.29) is 6.04 Å². The summed E-state index contributed by atoms with van der Waals surface area (Å²) < 4.78 is 1.08. The quantitative estimate of drug-likeness (QED) is 0.735. The van der Waals surface area contributed by atoms with Crippen LogP contribution in [0.25, 0.3) is 0 Å². The molecule has 2 rings (SSSR count).